The Labute approximate surface area is 151 Å². The second kappa shape index (κ2) is 8.50. The molecule has 0 aromatic heterocycles. The lowest BCUT2D eigenvalue weighted by Gasteiger charge is -2.35. The summed E-state index contributed by atoms with van der Waals surface area (Å²) in [5.41, 5.74) is 1.34. The van der Waals surface area contributed by atoms with Crippen LogP contribution in [0.15, 0.2) is 24.3 Å². The Morgan fingerprint density at radius 3 is 2.28 bits per heavy atom. The molecule has 1 N–H and O–H groups in total. The quantitative estimate of drug-likeness (QED) is 0.893. The molecule has 1 atom stereocenters. The molecular weight excluding hydrogens is 312 g/mol. The molecule has 0 bridgehead atoms. The van der Waals surface area contributed by atoms with Crippen LogP contribution >= 0.6 is 0 Å². The number of nitrogens with one attached hydrogen (secondary N) is 1. The summed E-state index contributed by atoms with van der Waals surface area (Å²) in [6.07, 6.45) is 10.2. The van der Waals surface area contributed by atoms with Gasteiger partial charge in [0.2, 0.25) is 0 Å². The van der Waals surface area contributed by atoms with E-state index in [0.29, 0.717) is 23.2 Å². The molecule has 1 aliphatic carbocycles. The van der Waals surface area contributed by atoms with Gasteiger partial charge in [-0.05, 0) is 62.8 Å². The minimum atomic E-state index is -0.0182. The minimum absolute atomic E-state index is 0.0182. The molecule has 3 rings (SSSR count). The standard InChI is InChI=1S/C21H30N2O2/c1-2-19-10-6-7-15-23(19)21(25)17-13-11-16(12-14-17)20(24)22-18-8-4-3-5-9-18/h11-14,18-19H,2-10,15H2,1H3,(H,22,24). The van der Waals surface area contributed by atoms with E-state index < -0.39 is 0 Å². The van der Waals surface area contributed by atoms with E-state index in [0.717, 1.165) is 38.6 Å². The fourth-order valence-electron chi connectivity index (χ4n) is 4.14. The van der Waals surface area contributed by atoms with Crippen molar-refractivity contribution < 1.29 is 9.59 Å². The molecular formula is C21H30N2O2. The fourth-order valence-corrected chi connectivity index (χ4v) is 4.14. The number of nitrogens with zero attached hydrogens (tertiary/aromatic N) is 1. The third-order valence-electron chi connectivity index (χ3n) is 5.69. The first-order chi connectivity index (χ1) is 12.2. The van der Waals surface area contributed by atoms with Crippen molar-refractivity contribution in [3.63, 3.8) is 0 Å². The van der Waals surface area contributed by atoms with Crippen LogP contribution in [-0.4, -0.2) is 35.3 Å². The molecule has 2 aliphatic rings. The predicted octanol–water partition coefficient (Wildman–Crippen LogP) is 4.15. The molecule has 1 saturated carbocycles. The van der Waals surface area contributed by atoms with Gasteiger partial charge in [0, 0.05) is 29.8 Å². The smallest absolute Gasteiger partial charge is 0.254 e. The number of rotatable bonds is 4. The monoisotopic (exact) mass is 342 g/mol. The summed E-state index contributed by atoms with van der Waals surface area (Å²) in [5, 5.41) is 3.13. The molecule has 1 aromatic rings. The maximum absolute atomic E-state index is 12.8. The summed E-state index contributed by atoms with van der Waals surface area (Å²) in [6, 6.07) is 7.85. The van der Waals surface area contributed by atoms with Gasteiger partial charge >= 0.3 is 0 Å². The number of piperidine rings is 1. The second-order valence-electron chi connectivity index (χ2n) is 7.44. The molecule has 4 heteroatoms. The lowest BCUT2D eigenvalue weighted by Crippen LogP contribution is -2.43. The number of carbonyl (C=O) groups is 2. The van der Waals surface area contributed by atoms with Crippen LogP contribution in [0.3, 0.4) is 0 Å². The zero-order chi connectivity index (χ0) is 17.6. The highest BCUT2D eigenvalue weighted by Gasteiger charge is 2.26. The lowest BCUT2D eigenvalue weighted by atomic mass is 9.95. The van der Waals surface area contributed by atoms with E-state index in [1.165, 1.54) is 25.7 Å². The van der Waals surface area contributed by atoms with Crippen LogP contribution in [0.5, 0.6) is 0 Å². The molecule has 1 heterocycles. The first kappa shape index (κ1) is 18.0. The van der Waals surface area contributed by atoms with Gasteiger partial charge in [-0.2, -0.15) is 0 Å². The third kappa shape index (κ3) is 4.42. The molecule has 4 nitrogen and oxygen atoms in total. The van der Waals surface area contributed by atoms with Gasteiger partial charge in [-0.25, -0.2) is 0 Å². The molecule has 136 valence electrons. The van der Waals surface area contributed by atoms with Gasteiger partial charge in [0.05, 0.1) is 0 Å². The highest BCUT2D eigenvalue weighted by atomic mass is 16.2. The second-order valence-corrected chi connectivity index (χ2v) is 7.44. The van der Waals surface area contributed by atoms with E-state index in [2.05, 4.69) is 12.2 Å². The van der Waals surface area contributed by atoms with Crippen molar-refractivity contribution in [2.75, 3.05) is 6.54 Å². The van der Waals surface area contributed by atoms with E-state index >= 15 is 0 Å². The molecule has 1 unspecified atom stereocenters. The Bertz CT molecular complexity index is 590. The van der Waals surface area contributed by atoms with E-state index in [-0.39, 0.29) is 11.8 Å². The van der Waals surface area contributed by atoms with Gasteiger partial charge in [0.15, 0.2) is 0 Å². The molecule has 1 aromatic carbocycles. The van der Waals surface area contributed by atoms with E-state index in [1.54, 1.807) is 24.3 Å². The summed E-state index contributed by atoms with van der Waals surface area (Å²) in [7, 11) is 0. The number of amides is 2. The van der Waals surface area contributed by atoms with Crippen molar-refractivity contribution in [3.05, 3.63) is 35.4 Å². The highest BCUT2D eigenvalue weighted by molar-refractivity contribution is 5.98. The number of hydrogen-bond acceptors (Lipinski definition) is 2. The number of likely N-dealkylation sites (tertiary alicyclic amines) is 1. The number of carbonyl (C=O) groups excluding carboxylic acids is 2. The zero-order valence-corrected chi connectivity index (χ0v) is 15.3. The summed E-state index contributed by atoms with van der Waals surface area (Å²) in [4.78, 5) is 27.2. The minimum Gasteiger partial charge on any atom is -0.349 e. The molecule has 2 fully saturated rings. The molecule has 2 amide bonds. The van der Waals surface area contributed by atoms with E-state index in [1.807, 2.05) is 4.90 Å². The Hall–Kier alpha value is -1.84. The number of hydrogen-bond donors (Lipinski definition) is 1. The van der Waals surface area contributed by atoms with Gasteiger partial charge < -0.3 is 10.2 Å². The average molecular weight is 342 g/mol. The molecule has 1 saturated heterocycles. The van der Waals surface area contributed by atoms with Gasteiger partial charge in [-0.15, -0.1) is 0 Å². The van der Waals surface area contributed by atoms with Crippen molar-refractivity contribution in [2.45, 2.75) is 76.8 Å². The maximum Gasteiger partial charge on any atom is 0.254 e. The fraction of sp³-hybridized carbons (Fsp3) is 0.619. The Balaban J connectivity index is 1.62. The van der Waals surface area contributed by atoms with Crippen molar-refractivity contribution in [3.8, 4) is 0 Å². The summed E-state index contributed by atoms with van der Waals surface area (Å²) >= 11 is 0. The van der Waals surface area contributed by atoms with E-state index in [4.69, 9.17) is 0 Å². The van der Waals surface area contributed by atoms with Gasteiger partial charge in [0.1, 0.15) is 0 Å². The molecule has 25 heavy (non-hydrogen) atoms. The van der Waals surface area contributed by atoms with Gasteiger partial charge in [-0.1, -0.05) is 26.2 Å². The summed E-state index contributed by atoms with van der Waals surface area (Å²) < 4.78 is 0. The van der Waals surface area contributed by atoms with E-state index in [9.17, 15) is 9.59 Å². The van der Waals surface area contributed by atoms with Crippen molar-refractivity contribution >= 4 is 11.8 Å². The van der Waals surface area contributed by atoms with Crippen LogP contribution in [-0.2, 0) is 0 Å². The maximum atomic E-state index is 12.8. The van der Waals surface area contributed by atoms with Crippen LogP contribution in [0.4, 0.5) is 0 Å². The highest BCUT2D eigenvalue weighted by Crippen LogP contribution is 2.22. The molecule has 1 aliphatic heterocycles. The van der Waals surface area contributed by atoms with Crippen LogP contribution in [0.1, 0.15) is 85.4 Å². The van der Waals surface area contributed by atoms with Crippen LogP contribution in [0.2, 0.25) is 0 Å². The first-order valence-electron chi connectivity index (χ1n) is 9.91. The normalized spacial score (nSPS) is 21.8. The molecule has 0 radical (unpaired) electrons. The van der Waals surface area contributed by atoms with Crippen molar-refractivity contribution in [1.82, 2.24) is 10.2 Å². The summed E-state index contributed by atoms with van der Waals surface area (Å²) in [6.45, 7) is 3.00. The Kier molecular flexibility index (Phi) is 6.11. The van der Waals surface area contributed by atoms with Crippen LogP contribution in [0, 0.1) is 0 Å². The largest absolute Gasteiger partial charge is 0.349 e. The Morgan fingerprint density at radius 1 is 0.960 bits per heavy atom. The Morgan fingerprint density at radius 2 is 1.60 bits per heavy atom. The van der Waals surface area contributed by atoms with Gasteiger partial charge in [0.25, 0.3) is 11.8 Å². The predicted molar refractivity (Wildman–Crippen MR) is 99.7 cm³/mol. The SMILES string of the molecule is CCC1CCCCN1C(=O)c1ccc(C(=O)NC2CCCCC2)cc1. The lowest BCUT2D eigenvalue weighted by molar-refractivity contribution is 0.0607. The van der Waals surface area contributed by atoms with Crippen molar-refractivity contribution in [1.29, 1.82) is 0 Å². The van der Waals surface area contributed by atoms with Crippen LogP contribution in [0.25, 0.3) is 0 Å². The number of benzene rings is 1. The molecule has 0 spiro atoms. The van der Waals surface area contributed by atoms with Crippen molar-refractivity contribution in [2.24, 2.45) is 0 Å². The third-order valence-corrected chi connectivity index (χ3v) is 5.69. The zero-order valence-electron chi connectivity index (χ0n) is 15.3. The summed E-state index contributed by atoms with van der Waals surface area (Å²) in [5.74, 6) is 0.0843. The average Bonchev–Trinajstić information content (AvgIpc) is 2.68. The topological polar surface area (TPSA) is 49.4 Å². The van der Waals surface area contributed by atoms with Crippen LogP contribution < -0.4 is 5.32 Å². The first-order valence-corrected chi connectivity index (χ1v) is 9.91. The van der Waals surface area contributed by atoms with Gasteiger partial charge in [-0.3, -0.25) is 9.59 Å².